The summed E-state index contributed by atoms with van der Waals surface area (Å²) in [4.78, 5) is 15.7. The first kappa shape index (κ1) is 13.8. The number of thioether (sulfide) groups is 1. The number of anilines is 2. The number of carbonyl (C=O) groups is 1. The molecule has 4 nitrogen and oxygen atoms in total. The topological polar surface area (TPSA) is 43.8 Å². The smallest absolute Gasteiger partial charge is 0.260 e. The quantitative estimate of drug-likeness (QED) is 0.860. The zero-order valence-corrected chi connectivity index (χ0v) is 12.9. The van der Waals surface area contributed by atoms with Crippen molar-refractivity contribution in [3.63, 3.8) is 0 Å². The highest BCUT2D eigenvalue weighted by molar-refractivity contribution is 8.00. The van der Waals surface area contributed by atoms with Crippen molar-refractivity contribution in [2.45, 2.75) is 30.5 Å². The van der Waals surface area contributed by atoms with Gasteiger partial charge in [0, 0.05) is 41.9 Å². The Morgan fingerprint density at radius 3 is 2.55 bits per heavy atom. The van der Waals surface area contributed by atoms with Crippen LogP contribution in [0.5, 0.6) is 0 Å². The number of fused-ring (bicyclic) bond motifs is 1. The second kappa shape index (κ2) is 4.97. The monoisotopic (exact) mass is 292 g/mol. The molecule has 0 radical (unpaired) electrons. The summed E-state index contributed by atoms with van der Waals surface area (Å²) in [5.41, 5.74) is 2.68. The molecule has 1 aromatic carbocycles. The van der Waals surface area contributed by atoms with Crippen molar-refractivity contribution in [3.8, 4) is 0 Å². The minimum Gasteiger partial charge on any atom is -0.378 e. The normalized spacial score (nSPS) is 29.8. The first-order valence-electron chi connectivity index (χ1n) is 6.97. The summed E-state index contributed by atoms with van der Waals surface area (Å²) >= 11 is 2.02. The first-order valence-corrected chi connectivity index (χ1v) is 7.91. The molecule has 2 heterocycles. The molecule has 1 saturated heterocycles. The standard InChI is InChI=1S/C15H20N2O2S/c1-9-7-17(8-10(2)20-9)11-4-5-12-13(6-11)16(3)15(19)14(12)18/h4-6,9-10,14,18H,7-8H2,1-3H3. The number of hydrogen-bond acceptors (Lipinski definition) is 4. The van der Waals surface area contributed by atoms with Crippen molar-refractivity contribution in [1.82, 2.24) is 0 Å². The minimum atomic E-state index is -1.00. The van der Waals surface area contributed by atoms with Crippen molar-refractivity contribution >= 4 is 29.0 Å². The van der Waals surface area contributed by atoms with E-state index in [4.69, 9.17) is 0 Å². The Hall–Kier alpha value is -1.20. The fourth-order valence-electron chi connectivity index (χ4n) is 3.07. The van der Waals surface area contributed by atoms with Gasteiger partial charge in [-0.05, 0) is 12.1 Å². The lowest BCUT2D eigenvalue weighted by molar-refractivity contribution is -0.125. The SMILES string of the molecule is CC1CN(c2ccc3c(c2)N(C)C(=O)C3O)CC(C)S1. The van der Waals surface area contributed by atoms with E-state index in [1.165, 1.54) is 0 Å². The van der Waals surface area contributed by atoms with Crippen LogP contribution in [0.3, 0.4) is 0 Å². The summed E-state index contributed by atoms with van der Waals surface area (Å²) in [5, 5.41) is 11.1. The number of amides is 1. The molecule has 108 valence electrons. The molecule has 3 rings (SSSR count). The van der Waals surface area contributed by atoms with Crippen LogP contribution in [0.15, 0.2) is 18.2 Å². The lowest BCUT2D eigenvalue weighted by Crippen LogP contribution is -2.40. The van der Waals surface area contributed by atoms with Crippen molar-refractivity contribution in [2.75, 3.05) is 29.9 Å². The number of hydrogen-bond donors (Lipinski definition) is 1. The Balaban J connectivity index is 1.92. The second-order valence-corrected chi connectivity index (χ2v) is 7.59. The van der Waals surface area contributed by atoms with Crippen LogP contribution in [-0.4, -0.2) is 41.7 Å². The molecule has 0 aromatic heterocycles. The summed E-state index contributed by atoms with van der Waals surface area (Å²) < 4.78 is 0. The fourth-order valence-corrected chi connectivity index (χ4v) is 4.40. The average Bonchev–Trinajstić information content (AvgIpc) is 2.62. The maximum atomic E-state index is 11.8. The fraction of sp³-hybridized carbons (Fsp3) is 0.533. The van der Waals surface area contributed by atoms with E-state index in [1.54, 1.807) is 11.9 Å². The van der Waals surface area contributed by atoms with Crippen LogP contribution in [0.25, 0.3) is 0 Å². The molecule has 2 aliphatic rings. The molecule has 3 atom stereocenters. The van der Waals surface area contributed by atoms with Crippen LogP contribution in [0.4, 0.5) is 11.4 Å². The third-order valence-electron chi connectivity index (χ3n) is 4.02. The van der Waals surface area contributed by atoms with Gasteiger partial charge in [-0.2, -0.15) is 11.8 Å². The van der Waals surface area contributed by atoms with Crippen LogP contribution in [0.2, 0.25) is 0 Å². The molecule has 0 saturated carbocycles. The zero-order chi connectivity index (χ0) is 14.4. The van der Waals surface area contributed by atoms with Gasteiger partial charge in [0.25, 0.3) is 5.91 Å². The Bertz CT molecular complexity index is 539. The molecule has 0 spiro atoms. The average molecular weight is 292 g/mol. The Morgan fingerprint density at radius 2 is 1.90 bits per heavy atom. The van der Waals surface area contributed by atoms with Gasteiger partial charge in [0.1, 0.15) is 0 Å². The van der Waals surface area contributed by atoms with Crippen LogP contribution >= 0.6 is 11.8 Å². The van der Waals surface area contributed by atoms with Gasteiger partial charge in [-0.3, -0.25) is 4.79 Å². The highest BCUT2D eigenvalue weighted by Crippen LogP contribution is 2.38. The van der Waals surface area contributed by atoms with Crippen LogP contribution < -0.4 is 9.80 Å². The van der Waals surface area contributed by atoms with Crippen molar-refractivity contribution in [3.05, 3.63) is 23.8 Å². The van der Waals surface area contributed by atoms with E-state index < -0.39 is 6.10 Å². The van der Waals surface area contributed by atoms with E-state index in [2.05, 4.69) is 18.7 Å². The molecule has 2 aliphatic heterocycles. The van der Waals surface area contributed by atoms with Gasteiger partial charge in [-0.15, -0.1) is 0 Å². The highest BCUT2D eigenvalue weighted by Gasteiger charge is 2.34. The molecule has 1 fully saturated rings. The summed E-state index contributed by atoms with van der Waals surface area (Å²) in [6, 6.07) is 5.93. The largest absolute Gasteiger partial charge is 0.378 e. The van der Waals surface area contributed by atoms with E-state index in [9.17, 15) is 9.90 Å². The van der Waals surface area contributed by atoms with Gasteiger partial charge in [-0.25, -0.2) is 0 Å². The molecule has 20 heavy (non-hydrogen) atoms. The predicted octanol–water partition coefficient (Wildman–Crippen LogP) is 2.03. The van der Waals surface area contributed by atoms with E-state index in [0.717, 1.165) is 24.5 Å². The van der Waals surface area contributed by atoms with E-state index in [1.807, 2.05) is 30.0 Å². The van der Waals surface area contributed by atoms with E-state index in [0.29, 0.717) is 16.1 Å². The maximum Gasteiger partial charge on any atom is 0.260 e. The summed E-state index contributed by atoms with van der Waals surface area (Å²) in [5.74, 6) is -0.243. The third kappa shape index (κ3) is 2.19. The molecule has 1 N–H and O–H groups in total. The van der Waals surface area contributed by atoms with Crippen molar-refractivity contribution in [2.24, 2.45) is 0 Å². The predicted molar refractivity (Wildman–Crippen MR) is 83.5 cm³/mol. The van der Waals surface area contributed by atoms with Crippen molar-refractivity contribution in [1.29, 1.82) is 0 Å². The van der Waals surface area contributed by atoms with Gasteiger partial charge in [0.15, 0.2) is 6.10 Å². The molecule has 3 unspecified atom stereocenters. The summed E-state index contributed by atoms with van der Waals surface area (Å²) in [6.07, 6.45) is -1.00. The number of likely N-dealkylation sites (N-methyl/N-ethyl adjacent to an activating group) is 1. The maximum absolute atomic E-state index is 11.8. The van der Waals surface area contributed by atoms with Gasteiger partial charge >= 0.3 is 0 Å². The molecule has 5 heteroatoms. The van der Waals surface area contributed by atoms with Gasteiger partial charge in [-0.1, -0.05) is 19.9 Å². The molecule has 0 aliphatic carbocycles. The Morgan fingerprint density at radius 1 is 1.25 bits per heavy atom. The number of rotatable bonds is 1. The minimum absolute atomic E-state index is 0.243. The van der Waals surface area contributed by atoms with Crippen molar-refractivity contribution < 1.29 is 9.90 Å². The molecule has 1 amide bonds. The molecular formula is C15H20N2O2S. The van der Waals surface area contributed by atoms with E-state index >= 15 is 0 Å². The number of aliphatic hydroxyl groups excluding tert-OH is 1. The van der Waals surface area contributed by atoms with Crippen LogP contribution in [0, 0.1) is 0 Å². The lowest BCUT2D eigenvalue weighted by Gasteiger charge is -2.36. The van der Waals surface area contributed by atoms with E-state index in [-0.39, 0.29) is 5.91 Å². The summed E-state index contributed by atoms with van der Waals surface area (Å²) in [6.45, 7) is 6.54. The Labute approximate surface area is 123 Å². The highest BCUT2D eigenvalue weighted by atomic mass is 32.2. The van der Waals surface area contributed by atoms with Crippen LogP contribution in [0.1, 0.15) is 25.5 Å². The lowest BCUT2D eigenvalue weighted by atomic mass is 10.1. The zero-order valence-electron chi connectivity index (χ0n) is 12.0. The van der Waals surface area contributed by atoms with Gasteiger partial charge < -0.3 is 14.9 Å². The van der Waals surface area contributed by atoms with Gasteiger partial charge in [0.2, 0.25) is 0 Å². The summed E-state index contributed by atoms with van der Waals surface area (Å²) in [7, 11) is 1.72. The number of aliphatic hydroxyl groups is 1. The Kier molecular flexibility index (Phi) is 3.42. The molecule has 0 bridgehead atoms. The number of carbonyl (C=O) groups excluding carboxylic acids is 1. The number of nitrogens with zero attached hydrogens (tertiary/aromatic N) is 2. The second-order valence-electron chi connectivity index (χ2n) is 5.71. The number of benzene rings is 1. The third-order valence-corrected chi connectivity index (χ3v) is 5.25. The first-order chi connectivity index (χ1) is 9.47. The molecule has 1 aromatic rings. The van der Waals surface area contributed by atoms with Crippen LogP contribution in [-0.2, 0) is 4.79 Å². The molecular weight excluding hydrogens is 272 g/mol. The van der Waals surface area contributed by atoms with Gasteiger partial charge in [0.05, 0.1) is 5.69 Å².